The molecule has 1 saturated heterocycles. The summed E-state index contributed by atoms with van der Waals surface area (Å²) in [6, 6.07) is 0. The second-order valence-corrected chi connectivity index (χ2v) is 3.77. The lowest BCUT2D eigenvalue weighted by molar-refractivity contribution is 0.0941. The molecule has 1 unspecified atom stereocenters. The van der Waals surface area contributed by atoms with Crippen LogP contribution in [0, 0.1) is 5.92 Å². The van der Waals surface area contributed by atoms with E-state index >= 15 is 0 Å². The van der Waals surface area contributed by atoms with E-state index in [-0.39, 0.29) is 17.4 Å². The third kappa shape index (κ3) is 2.48. The Morgan fingerprint density at radius 3 is 3.06 bits per heavy atom. The second kappa shape index (κ2) is 4.93. The van der Waals surface area contributed by atoms with Gasteiger partial charge in [0, 0.05) is 19.8 Å². The summed E-state index contributed by atoms with van der Waals surface area (Å²) in [5.74, 6) is 0.201. The smallest absolute Gasteiger partial charge is 0.277 e. The lowest BCUT2D eigenvalue weighted by Gasteiger charge is -2.07. The summed E-state index contributed by atoms with van der Waals surface area (Å²) in [7, 11) is 0. The van der Waals surface area contributed by atoms with Gasteiger partial charge in [-0.05, 0) is 29.1 Å². The highest BCUT2D eigenvalue weighted by Crippen LogP contribution is 2.15. The van der Waals surface area contributed by atoms with Crippen LogP contribution in [0.3, 0.4) is 0 Å². The Hall–Kier alpha value is -1.63. The van der Waals surface area contributed by atoms with Gasteiger partial charge in [-0.3, -0.25) is 4.79 Å². The van der Waals surface area contributed by atoms with Gasteiger partial charge in [0.05, 0.1) is 0 Å². The van der Waals surface area contributed by atoms with Gasteiger partial charge in [0.1, 0.15) is 0 Å². The molecule has 2 heterocycles. The van der Waals surface area contributed by atoms with E-state index in [9.17, 15) is 4.79 Å². The number of carbonyl (C=O) groups is 1. The molecule has 16 heavy (non-hydrogen) atoms. The number of carbonyl (C=O) groups excluding carboxylic acids is 1. The van der Waals surface area contributed by atoms with E-state index in [4.69, 9.17) is 10.5 Å². The Bertz CT molecular complexity index is 359. The molecule has 7 heteroatoms. The summed E-state index contributed by atoms with van der Waals surface area (Å²) in [4.78, 5) is 11.5. The first-order valence-electron chi connectivity index (χ1n) is 5.21. The van der Waals surface area contributed by atoms with E-state index in [1.165, 1.54) is 0 Å². The van der Waals surface area contributed by atoms with Gasteiger partial charge < -0.3 is 15.8 Å². The molecule has 1 fully saturated rings. The topological polar surface area (TPSA) is 103 Å². The molecule has 0 aliphatic carbocycles. The zero-order valence-electron chi connectivity index (χ0n) is 8.81. The Morgan fingerprint density at radius 2 is 2.44 bits per heavy atom. The largest absolute Gasteiger partial charge is 0.381 e. The fourth-order valence-corrected chi connectivity index (χ4v) is 1.64. The number of anilines is 1. The molecule has 1 aliphatic heterocycles. The molecule has 1 aromatic heterocycles. The van der Waals surface area contributed by atoms with Gasteiger partial charge in [0.15, 0.2) is 0 Å². The highest BCUT2D eigenvalue weighted by Gasteiger charge is 2.18. The summed E-state index contributed by atoms with van der Waals surface area (Å²) >= 11 is 0. The van der Waals surface area contributed by atoms with Crippen molar-refractivity contribution in [3.05, 3.63) is 5.69 Å². The summed E-state index contributed by atoms with van der Waals surface area (Å²) in [6.45, 7) is 2.18. The molecule has 88 valence electrons. The highest BCUT2D eigenvalue weighted by molar-refractivity contribution is 5.95. The van der Waals surface area contributed by atoms with Gasteiger partial charge in [-0.15, -0.1) is 0 Å². The van der Waals surface area contributed by atoms with E-state index in [2.05, 4.69) is 20.3 Å². The molecular formula is C9H14N4O3. The minimum atomic E-state index is -0.349. The fraction of sp³-hybridized carbons (Fsp3) is 0.667. The Balaban J connectivity index is 1.73. The van der Waals surface area contributed by atoms with Crippen molar-refractivity contribution >= 4 is 11.7 Å². The number of nitrogens with one attached hydrogen (secondary N) is 1. The van der Waals surface area contributed by atoms with Crippen LogP contribution in [0.25, 0.3) is 0 Å². The van der Waals surface area contributed by atoms with Crippen molar-refractivity contribution in [2.45, 2.75) is 12.8 Å². The first-order chi connectivity index (χ1) is 7.77. The van der Waals surface area contributed by atoms with Crippen molar-refractivity contribution < 1.29 is 14.2 Å². The van der Waals surface area contributed by atoms with Crippen LogP contribution in [0.4, 0.5) is 5.82 Å². The number of nitrogens with zero attached hydrogens (tertiary/aromatic N) is 2. The van der Waals surface area contributed by atoms with E-state index in [0.717, 1.165) is 26.1 Å². The van der Waals surface area contributed by atoms with Gasteiger partial charge in [0.25, 0.3) is 5.91 Å². The van der Waals surface area contributed by atoms with Crippen molar-refractivity contribution in [3.63, 3.8) is 0 Å². The zero-order valence-corrected chi connectivity index (χ0v) is 8.81. The van der Waals surface area contributed by atoms with Crippen molar-refractivity contribution in [2.24, 2.45) is 5.92 Å². The number of hydrogen-bond acceptors (Lipinski definition) is 6. The second-order valence-electron chi connectivity index (χ2n) is 3.77. The molecule has 0 spiro atoms. The Morgan fingerprint density at radius 1 is 1.56 bits per heavy atom. The first-order valence-corrected chi connectivity index (χ1v) is 5.21. The van der Waals surface area contributed by atoms with Crippen LogP contribution in [0.1, 0.15) is 23.3 Å². The van der Waals surface area contributed by atoms with Crippen LogP contribution in [0.5, 0.6) is 0 Å². The molecule has 1 aromatic rings. The predicted octanol–water partition coefficient (Wildman–Crippen LogP) is -0.192. The number of ether oxygens (including phenoxy) is 1. The lowest BCUT2D eigenvalue weighted by Crippen LogP contribution is -2.27. The number of aromatic nitrogens is 2. The molecule has 0 radical (unpaired) electrons. The minimum absolute atomic E-state index is 0.0155. The molecule has 7 nitrogen and oxygen atoms in total. The number of rotatable bonds is 4. The third-order valence-corrected chi connectivity index (χ3v) is 2.59. The van der Waals surface area contributed by atoms with Crippen LogP contribution in [-0.4, -0.2) is 36.0 Å². The summed E-state index contributed by atoms with van der Waals surface area (Å²) in [5.41, 5.74) is 5.43. The Kier molecular flexibility index (Phi) is 3.35. The molecule has 2 rings (SSSR count). The van der Waals surface area contributed by atoms with Crippen molar-refractivity contribution in [3.8, 4) is 0 Å². The lowest BCUT2D eigenvalue weighted by atomic mass is 10.1. The first kappa shape index (κ1) is 10.9. The van der Waals surface area contributed by atoms with Crippen LogP contribution < -0.4 is 11.1 Å². The quantitative estimate of drug-likeness (QED) is 0.737. The van der Waals surface area contributed by atoms with Crippen molar-refractivity contribution in [1.82, 2.24) is 15.6 Å². The van der Waals surface area contributed by atoms with Crippen LogP contribution in [-0.2, 0) is 4.74 Å². The maximum absolute atomic E-state index is 11.5. The molecular weight excluding hydrogens is 212 g/mol. The Labute approximate surface area is 92.3 Å². The fourth-order valence-electron chi connectivity index (χ4n) is 1.64. The van der Waals surface area contributed by atoms with Gasteiger partial charge in [-0.1, -0.05) is 0 Å². The molecule has 0 bridgehead atoms. The van der Waals surface area contributed by atoms with Gasteiger partial charge in [0.2, 0.25) is 11.5 Å². The number of nitrogen functional groups attached to an aromatic ring is 1. The maximum atomic E-state index is 11.5. The van der Waals surface area contributed by atoms with E-state index in [1.807, 2.05) is 0 Å². The third-order valence-electron chi connectivity index (χ3n) is 2.59. The van der Waals surface area contributed by atoms with E-state index in [1.54, 1.807) is 0 Å². The van der Waals surface area contributed by atoms with Gasteiger partial charge in [-0.2, -0.15) is 0 Å². The standard InChI is InChI=1S/C9H14N4O3/c10-8-7(12-16-13-8)9(14)11-3-1-6-2-4-15-5-6/h6H,1-5H2,(H2,10,13)(H,11,14). The monoisotopic (exact) mass is 226 g/mol. The normalized spacial score (nSPS) is 19.9. The van der Waals surface area contributed by atoms with Crippen molar-refractivity contribution in [2.75, 3.05) is 25.5 Å². The van der Waals surface area contributed by atoms with Crippen LogP contribution in [0.2, 0.25) is 0 Å². The van der Waals surface area contributed by atoms with Crippen LogP contribution in [0.15, 0.2) is 4.63 Å². The van der Waals surface area contributed by atoms with Gasteiger partial charge >= 0.3 is 0 Å². The average molecular weight is 226 g/mol. The summed E-state index contributed by atoms with van der Waals surface area (Å²) in [5, 5.41) is 9.47. The molecule has 1 amide bonds. The van der Waals surface area contributed by atoms with E-state index < -0.39 is 0 Å². The number of hydrogen-bond donors (Lipinski definition) is 2. The number of nitrogens with two attached hydrogens (primary N) is 1. The van der Waals surface area contributed by atoms with E-state index in [0.29, 0.717) is 12.5 Å². The summed E-state index contributed by atoms with van der Waals surface area (Å²) in [6.07, 6.45) is 1.96. The van der Waals surface area contributed by atoms with Gasteiger partial charge in [-0.25, -0.2) is 4.63 Å². The molecule has 0 aromatic carbocycles. The SMILES string of the molecule is Nc1nonc1C(=O)NCCC1CCOC1. The zero-order chi connectivity index (χ0) is 11.4. The molecule has 0 saturated carbocycles. The predicted molar refractivity (Wildman–Crippen MR) is 54.6 cm³/mol. The maximum Gasteiger partial charge on any atom is 0.277 e. The minimum Gasteiger partial charge on any atom is -0.381 e. The van der Waals surface area contributed by atoms with Crippen LogP contribution >= 0.6 is 0 Å². The highest BCUT2D eigenvalue weighted by atomic mass is 16.6. The number of amides is 1. The average Bonchev–Trinajstić information content (AvgIpc) is 2.88. The summed E-state index contributed by atoms with van der Waals surface area (Å²) < 4.78 is 9.58. The molecule has 1 aliphatic rings. The molecule has 1 atom stereocenters. The van der Waals surface area contributed by atoms with Crippen molar-refractivity contribution in [1.29, 1.82) is 0 Å². The molecule has 3 N–H and O–H groups in total.